The summed E-state index contributed by atoms with van der Waals surface area (Å²) in [5.41, 5.74) is 1.45. The van der Waals surface area contributed by atoms with Crippen LogP contribution in [0.3, 0.4) is 0 Å². The van der Waals surface area contributed by atoms with Crippen molar-refractivity contribution in [2.24, 2.45) is 0 Å². The molecule has 7 heteroatoms. The standard InChI is InChI=1S/C19H20ClN3O3/c1-23(10-12-5-4-6-13(20)7-12)11-18-21-15-9-17(26-3)16(25-2)8-14(15)19(24)22-18/h4-9H,10-11H2,1-3H3,(H,21,22,24). The zero-order valence-electron chi connectivity index (χ0n) is 14.9. The molecule has 0 fully saturated rings. The van der Waals surface area contributed by atoms with Crippen molar-refractivity contribution in [1.29, 1.82) is 0 Å². The molecule has 0 aliphatic heterocycles. The van der Waals surface area contributed by atoms with Crippen molar-refractivity contribution in [2.45, 2.75) is 13.1 Å². The molecule has 136 valence electrons. The number of methoxy groups -OCH3 is 2. The number of rotatable bonds is 6. The van der Waals surface area contributed by atoms with Crippen molar-refractivity contribution >= 4 is 22.5 Å². The molecule has 0 saturated heterocycles. The number of nitrogens with zero attached hydrogens (tertiary/aromatic N) is 2. The number of H-pyrrole nitrogens is 1. The van der Waals surface area contributed by atoms with Gasteiger partial charge in [0.05, 0.1) is 31.7 Å². The molecule has 6 nitrogen and oxygen atoms in total. The van der Waals surface area contributed by atoms with Crippen molar-refractivity contribution in [3.8, 4) is 11.5 Å². The highest BCUT2D eigenvalue weighted by Gasteiger charge is 2.12. The predicted molar refractivity (Wildman–Crippen MR) is 102 cm³/mol. The first-order valence-electron chi connectivity index (χ1n) is 8.08. The lowest BCUT2D eigenvalue weighted by molar-refractivity contribution is 0.310. The van der Waals surface area contributed by atoms with Crippen LogP contribution in [0.1, 0.15) is 11.4 Å². The molecule has 0 saturated carbocycles. The number of aromatic nitrogens is 2. The maximum Gasteiger partial charge on any atom is 0.258 e. The molecule has 1 aromatic heterocycles. The van der Waals surface area contributed by atoms with E-state index in [-0.39, 0.29) is 5.56 Å². The molecular weight excluding hydrogens is 354 g/mol. The highest BCUT2D eigenvalue weighted by molar-refractivity contribution is 6.30. The summed E-state index contributed by atoms with van der Waals surface area (Å²) < 4.78 is 10.5. The Labute approximate surface area is 156 Å². The average Bonchev–Trinajstić information content (AvgIpc) is 2.60. The Morgan fingerprint density at radius 3 is 2.54 bits per heavy atom. The minimum absolute atomic E-state index is 0.206. The Morgan fingerprint density at radius 1 is 1.12 bits per heavy atom. The molecule has 0 unspecified atom stereocenters. The third-order valence-electron chi connectivity index (χ3n) is 4.02. The maximum atomic E-state index is 12.4. The number of aromatic amines is 1. The fraction of sp³-hybridized carbons (Fsp3) is 0.263. The van der Waals surface area contributed by atoms with Crippen molar-refractivity contribution in [3.63, 3.8) is 0 Å². The van der Waals surface area contributed by atoms with Crippen LogP contribution < -0.4 is 15.0 Å². The fourth-order valence-corrected chi connectivity index (χ4v) is 3.06. The SMILES string of the molecule is COc1cc2nc(CN(C)Cc3cccc(Cl)c3)[nH]c(=O)c2cc1OC. The van der Waals surface area contributed by atoms with E-state index >= 15 is 0 Å². The number of benzene rings is 2. The second-order valence-electron chi connectivity index (χ2n) is 6.04. The molecule has 2 aromatic carbocycles. The van der Waals surface area contributed by atoms with Crippen LogP contribution >= 0.6 is 11.6 Å². The Bertz CT molecular complexity index is 987. The van der Waals surface area contributed by atoms with Crippen molar-refractivity contribution in [1.82, 2.24) is 14.9 Å². The van der Waals surface area contributed by atoms with Crippen LogP contribution in [-0.2, 0) is 13.1 Å². The van der Waals surface area contributed by atoms with Crippen LogP contribution in [0.5, 0.6) is 11.5 Å². The first-order chi connectivity index (χ1) is 12.5. The van der Waals surface area contributed by atoms with E-state index in [0.29, 0.717) is 46.3 Å². The molecule has 0 spiro atoms. The largest absolute Gasteiger partial charge is 0.493 e. The van der Waals surface area contributed by atoms with Gasteiger partial charge in [-0.3, -0.25) is 9.69 Å². The molecule has 1 heterocycles. The van der Waals surface area contributed by atoms with Crippen LogP contribution in [0.25, 0.3) is 10.9 Å². The molecule has 0 bridgehead atoms. The van der Waals surface area contributed by atoms with Gasteiger partial charge in [-0.05, 0) is 30.8 Å². The van der Waals surface area contributed by atoms with Crippen molar-refractivity contribution in [2.75, 3.05) is 21.3 Å². The summed E-state index contributed by atoms with van der Waals surface area (Å²) in [7, 11) is 5.04. The van der Waals surface area contributed by atoms with Gasteiger partial charge in [-0.2, -0.15) is 0 Å². The Hall–Kier alpha value is -2.57. The van der Waals surface area contributed by atoms with Crippen LogP contribution in [0.15, 0.2) is 41.2 Å². The van der Waals surface area contributed by atoms with E-state index in [4.69, 9.17) is 21.1 Å². The molecule has 0 radical (unpaired) electrons. The number of hydrogen-bond acceptors (Lipinski definition) is 5. The van der Waals surface area contributed by atoms with Gasteiger partial charge in [0, 0.05) is 17.6 Å². The summed E-state index contributed by atoms with van der Waals surface area (Å²) in [6.07, 6.45) is 0. The molecule has 1 N–H and O–H groups in total. The summed E-state index contributed by atoms with van der Waals surface area (Å²) in [4.78, 5) is 21.9. The molecule has 0 aliphatic rings. The minimum atomic E-state index is -0.206. The highest BCUT2D eigenvalue weighted by atomic mass is 35.5. The van der Waals surface area contributed by atoms with Gasteiger partial charge in [0.2, 0.25) is 0 Å². The van der Waals surface area contributed by atoms with Crippen molar-refractivity contribution in [3.05, 3.63) is 63.2 Å². The number of fused-ring (bicyclic) bond motifs is 1. The summed E-state index contributed by atoms with van der Waals surface area (Å²) in [5, 5.41) is 1.16. The summed E-state index contributed by atoms with van der Waals surface area (Å²) >= 11 is 6.03. The second-order valence-corrected chi connectivity index (χ2v) is 6.48. The smallest absolute Gasteiger partial charge is 0.258 e. The minimum Gasteiger partial charge on any atom is -0.493 e. The van der Waals surface area contributed by atoms with E-state index in [1.807, 2.05) is 31.3 Å². The van der Waals surface area contributed by atoms with Crippen molar-refractivity contribution < 1.29 is 9.47 Å². The van der Waals surface area contributed by atoms with E-state index < -0.39 is 0 Å². The topological polar surface area (TPSA) is 67.5 Å². The molecule has 0 aliphatic carbocycles. The van der Waals surface area contributed by atoms with Gasteiger partial charge in [-0.1, -0.05) is 23.7 Å². The van der Waals surface area contributed by atoms with Gasteiger partial charge >= 0.3 is 0 Å². The summed E-state index contributed by atoms with van der Waals surface area (Å²) in [6.45, 7) is 1.18. The second kappa shape index (κ2) is 7.76. The lowest BCUT2D eigenvalue weighted by Crippen LogP contribution is -2.22. The highest BCUT2D eigenvalue weighted by Crippen LogP contribution is 2.29. The van der Waals surface area contributed by atoms with E-state index in [9.17, 15) is 4.79 Å². The summed E-state index contributed by atoms with van der Waals surface area (Å²) in [5.74, 6) is 1.62. The lowest BCUT2D eigenvalue weighted by Gasteiger charge is -2.16. The number of halogens is 1. The third-order valence-corrected chi connectivity index (χ3v) is 4.26. The van der Waals surface area contributed by atoms with Gasteiger partial charge in [-0.15, -0.1) is 0 Å². The maximum absolute atomic E-state index is 12.4. The third kappa shape index (κ3) is 3.98. The molecule has 0 amide bonds. The van der Waals surface area contributed by atoms with E-state index in [1.54, 1.807) is 19.2 Å². The number of hydrogen-bond donors (Lipinski definition) is 1. The quantitative estimate of drug-likeness (QED) is 0.718. The van der Waals surface area contributed by atoms with E-state index in [2.05, 4.69) is 14.9 Å². The molecule has 26 heavy (non-hydrogen) atoms. The van der Waals surface area contributed by atoms with Crippen LogP contribution in [0, 0.1) is 0 Å². The fourth-order valence-electron chi connectivity index (χ4n) is 2.85. The van der Waals surface area contributed by atoms with Crippen LogP contribution in [0.4, 0.5) is 0 Å². The summed E-state index contributed by atoms with van der Waals surface area (Å²) in [6, 6.07) is 11.0. The molecule has 3 aromatic rings. The van der Waals surface area contributed by atoms with Crippen LogP contribution in [-0.4, -0.2) is 36.1 Å². The van der Waals surface area contributed by atoms with Gasteiger partial charge in [0.15, 0.2) is 11.5 Å². The Kier molecular flexibility index (Phi) is 5.44. The zero-order valence-corrected chi connectivity index (χ0v) is 15.6. The average molecular weight is 374 g/mol. The van der Waals surface area contributed by atoms with Gasteiger partial charge < -0.3 is 14.5 Å². The molecule has 0 atom stereocenters. The van der Waals surface area contributed by atoms with Gasteiger partial charge in [-0.25, -0.2) is 4.98 Å². The van der Waals surface area contributed by atoms with E-state index in [0.717, 1.165) is 5.56 Å². The Balaban J connectivity index is 1.87. The molecule has 3 rings (SSSR count). The first-order valence-corrected chi connectivity index (χ1v) is 8.46. The van der Waals surface area contributed by atoms with Gasteiger partial charge in [0.25, 0.3) is 5.56 Å². The molecular formula is C19H20ClN3O3. The monoisotopic (exact) mass is 373 g/mol. The zero-order chi connectivity index (χ0) is 18.7. The van der Waals surface area contributed by atoms with Crippen LogP contribution in [0.2, 0.25) is 5.02 Å². The first kappa shape index (κ1) is 18.2. The Morgan fingerprint density at radius 2 is 1.85 bits per heavy atom. The lowest BCUT2D eigenvalue weighted by atomic mass is 10.2. The van der Waals surface area contributed by atoms with Gasteiger partial charge in [0.1, 0.15) is 5.82 Å². The number of ether oxygens (including phenoxy) is 2. The number of nitrogens with one attached hydrogen (secondary N) is 1. The normalized spacial score (nSPS) is 11.1. The van der Waals surface area contributed by atoms with E-state index in [1.165, 1.54) is 7.11 Å². The predicted octanol–water partition coefficient (Wildman–Crippen LogP) is 3.23.